The van der Waals surface area contributed by atoms with Gasteiger partial charge in [0.15, 0.2) is 5.75 Å². The van der Waals surface area contributed by atoms with Gasteiger partial charge in [-0.25, -0.2) is 14.4 Å². The summed E-state index contributed by atoms with van der Waals surface area (Å²) in [5.74, 6) is 2.60. The van der Waals surface area contributed by atoms with Crippen LogP contribution in [-0.2, 0) is 6.42 Å². The average Bonchev–Trinajstić information content (AvgIpc) is 3.12. The lowest BCUT2D eigenvalue weighted by molar-refractivity contribution is 0.435. The number of halogens is 1. The van der Waals surface area contributed by atoms with Crippen LogP contribution >= 0.6 is 0 Å². The van der Waals surface area contributed by atoms with E-state index in [-0.39, 0.29) is 17.9 Å². The molecule has 1 unspecified atom stereocenters. The predicted octanol–water partition coefficient (Wildman–Crippen LogP) is 2.51. The maximum absolute atomic E-state index is 14.4. The Morgan fingerprint density at radius 2 is 1.90 bits per heavy atom. The molecule has 2 fully saturated rings. The second kappa shape index (κ2) is 6.58. The molecule has 6 rings (SSSR count). The quantitative estimate of drug-likeness (QED) is 0.520. The van der Waals surface area contributed by atoms with Crippen LogP contribution in [0, 0.1) is 24.6 Å². The minimum absolute atomic E-state index is 0.241. The molecule has 2 aromatic heterocycles. The normalized spacial score (nSPS) is 22.7. The van der Waals surface area contributed by atoms with Crippen LogP contribution in [0.4, 0.5) is 15.9 Å². The van der Waals surface area contributed by atoms with E-state index in [4.69, 9.17) is 15.5 Å². The Morgan fingerprint density at radius 3 is 2.61 bits per heavy atom. The smallest absolute Gasteiger partial charge is 0.324 e. The molecule has 1 saturated heterocycles. The highest BCUT2D eigenvalue weighted by atomic mass is 19.1. The number of hydrogen-bond donors (Lipinski definition) is 2. The van der Waals surface area contributed by atoms with Gasteiger partial charge in [-0.1, -0.05) is 0 Å². The first-order valence-electron chi connectivity index (χ1n) is 10.4. The summed E-state index contributed by atoms with van der Waals surface area (Å²) in [5.41, 5.74) is 10.5. The van der Waals surface area contributed by atoms with Crippen molar-refractivity contribution in [2.45, 2.75) is 19.4 Å². The molecule has 8 nitrogen and oxygen atoms in total. The van der Waals surface area contributed by atoms with Crippen LogP contribution in [0.25, 0.3) is 11.1 Å². The maximum atomic E-state index is 14.4. The summed E-state index contributed by atoms with van der Waals surface area (Å²) >= 11 is 0. The lowest BCUT2D eigenvalue weighted by atomic mass is 10.0. The summed E-state index contributed by atoms with van der Waals surface area (Å²) in [7, 11) is 1.80. The topological polar surface area (TPSA) is 102 Å². The van der Waals surface area contributed by atoms with E-state index in [1.54, 1.807) is 25.5 Å². The van der Waals surface area contributed by atoms with Crippen molar-refractivity contribution >= 4 is 11.5 Å². The van der Waals surface area contributed by atoms with E-state index in [0.29, 0.717) is 29.8 Å². The highest BCUT2D eigenvalue weighted by molar-refractivity contribution is 5.88. The zero-order chi connectivity index (χ0) is 21.3. The van der Waals surface area contributed by atoms with Crippen molar-refractivity contribution in [2.24, 2.45) is 17.6 Å². The molecule has 31 heavy (non-hydrogen) atoms. The van der Waals surface area contributed by atoms with Gasteiger partial charge in [0, 0.05) is 43.9 Å². The number of nitrogens with one attached hydrogen (secondary N) is 1. The van der Waals surface area contributed by atoms with E-state index in [1.165, 1.54) is 6.07 Å². The van der Waals surface area contributed by atoms with Crippen molar-refractivity contribution < 1.29 is 9.13 Å². The molecule has 9 heteroatoms. The van der Waals surface area contributed by atoms with Gasteiger partial charge < -0.3 is 20.7 Å². The Hall–Kier alpha value is -3.33. The SMILES string of the molecule is CNc1cc(F)cc2c1Cc1nc(Oc3cnc(C)nc3)nc(N3C[C@@H]4C(N)[C@@H]4C3)c1-2. The third-order valence-electron chi connectivity index (χ3n) is 6.57. The summed E-state index contributed by atoms with van der Waals surface area (Å²) in [6.07, 6.45) is 3.79. The monoisotopic (exact) mass is 419 g/mol. The highest BCUT2D eigenvalue weighted by Gasteiger charge is 2.54. The molecular weight excluding hydrogens is 397 g/mol. The number of fused-ring (bicyclic) bond motifs is 4. The molecule has 0 amide bonds. The standard InChI is InChI=1S/C22H22FN7O/c1-10-26-6-12(7-27-10)31-22-28-18-5-13-14(3-11(23)4-17(13)25-2)19(18)21(29-22)30-8-15-16(9-30)20(15)24/h3-4,6-7,15-16,20,25H,5,8-9,24H2,1-2H3/t15-,16+,20?. The number of hydrogen-bond acceptors (Lipinski definition) is 8. The fourth-order valence-corrected chi connectivity index (χ4v) is 4.88. The average molecular weight is 419 g/mol. The molecule has 3 atom stereocenters. The van der Waals surface area contributed by atoms with Gasteiger partial charge in [0.25, 0.3) is 0 Å². The van der Waals surface area contributed by atoms with Gasteiger partial charge in [-0.3, -0.25) is 0 Å². The van der Waals surface area contributed by atoms with Crippen LogP contribution in [0.15, 0.2) is 24.5 Å². The number of anilines is 2. The van der Waals surface area contributed by atoms with Crippen molar-refractivity contribution in [1.29, 1.82) is 0 Å². The number of ether oxygens (including phenoxy) is 1. The summed E-state index contributed by atoms with van der Waals surface area (Å²) in [6, 6.07) is 3.60. The first-order valence-corrected chi connectivity index (χ1v) is 10.4. The van der Waals surface area contributed by atoms with Gasteiger partial charge in [-0.2, -0.15) is 9.97 Å². The van der Waals surface area contributed by atoms with Gasteiger partial charge in [-0.05, 0) is 42.0 Å². The largest absolute Gasteiger partial charge is 0.421 e. The minimum atomic E-state index is -0.287. The molecule has 0 radical (unpaired) electrons. The molecular formula is C22H22FN7O. The number of nitrogens with two attached hydrogens (primary N) is 1. The van der Waals surface area contributed by atoms with Gasteiger partial charge >= 0.3 is 6.01 Å². The van der Waals surface area contributed by atoms with Crippen LogP contribution in [0.2, 0.25) is 0 Å². The zero-order valence-electron chi connectivity index (χ0n) is 17.3. The van der Waals surface area contributed by atoms with Gasteiger partial charge in [-0.15, -0.1) is 0 Å². The molecule has 3 aromatic rings. The lowest BCUT2D eigenvalue weighted by Crippen LogP contribution is -2.29. The minimum Gasteiger partial charge on any atom is -0.421 e. The molecule has 3 heterocycles. The van der Waals surface area contributed by atoms with Crippen molar-refractivity contribution in [3.63, 3.8) is 0 Å². The summed E-state index contributed by atoms with van der Waals surface area (Å²) < 4.78 is 20.3. The second-order valence-corrected chi connectivity index (χ2v) is 8.44. The van der Waals surface area contributed by atoms with Crippen LogP contribution in [-0.4, -0.2) is 46.1 Å². The van der Waals surface area contributed by atoms with Crippen LogP contribution in [0.1, 0.15) is 17.1 Å². The van der Waals surface area contributed by atoms with Crippen molar-refractivity contribution in [2.75, 3.05) is 30.4 Å². The van der Waals surface area contributed by atoms with E-state index in [1.807, 2.05) is 6.92 Å². The van der Waals surface area contributed by atoms with E-state index in [2.05, 4.69) is 25.2 Å². The molecule has 158 valence electrons. The number of aromatic nitrogens is 4. The van der Waals surface area contributed by atoms with E-state index < -0.39 is 0 Å². The molecule has 2 aliphatic carbocycles. The third kappa shape index (κ3) is 2.91. The lowest BCUT2D eigenvalue weighted by Gasteiger charge is -2.23. The van der Waals surface area contributed by atoms with Crippen molar-refractivity contribution in [3.05, 3.63) is 47.4 Å². The molecule has 3 N–H and O–H groups in total. The number of aryl methyl sites for hydroxylation is 1. The van der Waals surface area contributed by atoms with E-state index >= 15 is 0 Å². The number of piperidine rings is 1. The first-order chi connectivity index (χ1) is 15.0. The Kier molecular flexibility index (Phi) is 3.92. The van der Waals surface area contributed by atoms with Crippen LogP contribution in [0.5, 0.6) is 11.8 Å². The predicted molar refractivity (Wildman–Crippen MR) is 114 cm³/mol. The Labute approximate surface area is 178 Å². The molecule has 1 saturated carbocycles. The van der Waals surface area contributed by atoms with Gasteiger partial charge in [0.1, 0.15) is 17.5 Å². The number of benzene rings is 1. The summed E-state index contributed by atoms with van der Waals surface area (Å²) in [5, 5.41) is 3.11. The number of nitrogens with zero attached hydrogens (tertiary/aromatic N) is 5. The Morgan fingerprint density at radius 1 is 1.16 bits per heavy atom. The molecule has 3 aliphatic rings. The first kappa shape index (κ1) is 18.4. The van der Waals surface area contributed by atoms with Gasteiger partial charge in [0.05, 0.1) is 18.1 Å². The molecule has 0 spiro atoms. The molecule has 1 aromatic carbocycles. The van der Waals surface area contributed by atoms with Crippen LogP contribution in [0.3, 0.4) is 0 Å². The maximum Gasteiger partial charge on any atom is 0.324 e. The molecule has 1 aliphatic heterocycles. The number of rotatable bonds is 4. The second-order valence-electron chi connectivity index (χ2n) is 8.44. The zero-order valence-corrected chi connectivity index (χ0v) is 17.3. The molecule has 0 bridgehead atoms. The highest BCUT2D eigenvalue weighted by Crippen LogP contribution is 2.50. The van der Waals surface area contributed by atoms with Crippen LogP contribution < -0.4 is 20.7 Å². The van der Waals surface area contributed by atoms with Crippen molar-refractivity contribution in [1.82, 2.24) is 19.9 Å². The Bertz CT molecular complexity index is 1190. The van der Waals surface area contributed by atoms with Gasteiger partial charge in [0.2, 0.25) is 0 Å². The third-order valence-corrected chi connectivity index (χ3v) is 6.57. The summed E-state index contributed by atoms with van der Waals surface area (Å²) in [4.78, 5) is 20.0. The summed E-state index contributed by atoms with van der Waals surface area (Å²) in [6.45, 7) is 3.49. The van der Waals surface area contributed by atoms with Crippen molar-refractivity contribution in [3.8, 4) is 22.9 Å². The van der Waals surface area contributed by atoms with E-state index in [0.717, 1.165) is 47.0 Å². The Balaban J connectivity index is 1.46. The fraction of sp³-hybridized carbons (Fsp3) is 0.364. The fourth-order valence-electron chi connectivity index (χ4n) is 4.88. The van der Waals surface area contributed by atoms with E-state index in [9.17, 15) is 4.39 Å².